The third kappa shape index (κ3) is 3.88. The van der Waals surface area contributed by atoms with Gasteiger partial charge in [-0.25, -0.2) is 0 Å². The van der Waals surface area contributed by atoms with E-state index in [2.05, 4.69) is 47.6 Å². The van der Waals surface area contributed by atoms with Crippen molar-refractivity contribution in [3.8, 4) is 0 Å². The summed E-state index contributed by atoms with van der Waals surface area (Å²) in [5, 5.41) is 4.40. The van der Waals surface area contributed by atoms with Crippen LogP contribution in [-0.2, 0) is 10.9 Å². The van der Waals surface area contributed by atoms with Crippen molar-refractivity contribution in [3.05, 3.63) is 41.1 Å². The van der Waals surface area contributed by atoms with Crippen molar-refractivity contribution in [3.63, 3.8) is 0 Å². The summed E-state index contributed by atoms with van der Waals surface area (Å²) in [6.07, 6.45) is 4.42. The molecule has 0 saturated heterocycles. The van der Waals surface area contributed by atoms with Crippen LogP contribution in [0.25, 0.3) is 0 Å². The van der Waals surface area contributed by atoms with Gasteiger partial charge in [-0.1, -0.05) is 30.0 Å². The Labute approximate surface area is 81.4 Å². The van der Waals surface area contributed by atoms with E-state index in [0.29, 0.717) is 10.9 Å². The lowest BCUT2D eigenvalue weighted by atomic mass is 10.4. The highest BCUT2D eigenvalue weighted by Crippen LogP contribution is 2.18. The van der Waals surface area contributed by atoms with Gasteiger partial charge in [0, 0.05) is 21.2 Å². The monoisotopic (exact) mass is 197 g/mol. The second-order valence-corrected chi connectivity index (χ2v) is 5.59. The highest BCUT2D eigenvalue weighted by atomic mass is 32.2. The Morgan fingerprint density at radius 2 is 1.83 bits per heavy atom. The fraction of sp³-hybridized carbons (Fsp3) is 0.200. The van der Waals surface area contributed by atoms with Crippen molar-refractivity contribution in [2.24, 2.45) is 0 Å². The van der Waals surface area contributed by atoms with Crippen LogP contribution in [0.1, 0.15) is 0 Å². The van der Waals surface area contributed by atoms with Crippen molar-refractivity contribution < 1.29 is 0 Å². The van der Waals surface area contributed by atoms with Crippen LogP contribution in [0.15, 0.2) is 46.0 Å². The molecule has 1 rings (SSSR count). The van der Waals surface area contributed by atoms with E-state index in [1.807, 2.05) is 6.07 Å². The van der Waals surface area contributed by atoms with Crippen LogP contribution in [0.4, 0.5) is 0 Å². The van der Waals surface area contributed by atoms with Crippen molar-refractivity contribution in [2.45, 2.75) is 4.90 Å². The fourth-order valence-electron chi connectivity index (χ4n) is 0.717. The van der Waals surface area contributed by atoms with Gasteiger partial charge in [-0.05, 0) is 12.1 Å². The van der Waals surface area contributed by atoms with Gasteiger partial charge in [0.1, 0.15) is 17.9 Å². The summed E-state index contributed by atoms with van der Waals surface area (Å²) in [6.45, 7) is 0. The molecule has 12 heavy (non-hydrogen) atoms. The average Bonchev–Trinajstić information content (AvgIpc) is 2.05. The molecule has 0 heterocycles. The van der Waals surface area contributed by atoms with Crippen molar-refractivity contribution in [1.82, 2.24) is 0 Å². The number of hydrogen-bond donors (Lipinski definition) is 0. The Morgan fingerprint density at radius 1 is 1.17 bits per heavy atom. The first kappa shape index (κ1) is 9.75. The third-order valence-electron chi connectivity index (χ3n) is 1.28. The summed E-state index contributed by atoms with van der Waals surface area (Å²) in [5.41, 5.74) is 0. The largest absolute Gasteiger partial charge is 0.125 e. The highest BCUT2D eigenvalue weighted by molar-refractivity contribution is 8.04. The van der Waals surface area contributed by atoms with Crippen LogP contribution in [0, 0.1) is 0 Å². The number of rotatable bonds is 3. The Balaban J connectivity index is 2.43. The molecule has 0 atom stereocenters. The number of benzene rings is 1. The Bertz CT molecular complexity index is 239. The van der Waals surface area contributed by atoms with Crippen LogP contribution in [0.5, 0.6) is 0 Å². The summed E-state index contributed by atoms with van der Waals surface area (Å²) in [6, 6.07) is 10.4. The molecule has 1 aromatic carbocycles. The van der Waals surface area contributed by atoms with Crippen LogP contribution >= 0.6 is 11.8 Å². The van der Waals surface area contributed by atoms with Crippen molar-refractivity contribution >= 4 is 22.7 Å². The van der Waals surface area contributed by atoms with Crippen LogP contribution in [0.3, 0.4) is 0 Å². The molecule has 0 unspecified atom stereocenters. The number of thioether (sulfide) groups is 1. The highest BCUT2D eigenvalue weighted by Gasteiger charge is 1.93. The SMILES string of the molecule is C[S+](C)/C=C/Sc1ccccc1. The molecule has 2 heteroatoms. The van der Waals surface area contributed by atoms with Crippen LogP contribution in [0.2, 0.25) is 0 Å². The van der Waals surface area contributed by atoms with E-state index in [9.17, 15) is 0 Å². The molecular formula is C10H13S2+. The van der Waals surface area contributed by atoms with E-state index in [4.69, 9.17) is 0 Å². The van der Waals surface area contributed by atoms with Crippen molar-refractivity contribution in [1.29, 1.82) is 0 Å². The standard InChI is InChI=1S/C10H13S2/c1-12(2)9-8-11-10-6-4-3-5-7-10/h3-9H,1-2H3/q+1/b9-8+. The molecule has 1 aromatic rings. The molecular weight excluding hydrogens is 184 g/mol. The van der Waals surface area contributed by atoms with E-state index in [1.54, 1.807) is 11.8 Å². The zero-order valence-corrected chi connectivity index (χ0v) is 8.99. The first-order valence-electron chi connectivity index (χ1n) is 3.74. The zero-order chi connectivity index (χ0) is 8.81. The van der Waals surface area contributed by atoms with Gasteiger partial charge < -0.3 is 0 Å². The second kappa shape index (κ2) is 5.33. The van der Waals surface area contributed by atoms with Gasteiger partial charge in [0.2, 0.25) is 0 Å². The molecule has 0 aliphatic rings. The van der Waals surface area contributed by atoms with E-state index >= 15 is 0 Å². The minimum absolute atomic E-state index is 0.409. The van der Waals surface area contributed by atoms with Crippen molar-refractivity contribution in [2.75, 3.05) is 12.5 Å². The van der Waals surface area contributed by atoms with E-state index in [1.165, 1.54) is 4.90 Å². The Kier molecular flexibility index (Phi) is 4.33. The lowest BCUT2D eigenvalue weighted by Crippen LogP contribution is -1.84. The molecule has 0 bridgehead atoms. The van der Waals surface area contributed by atoms with E-state index in [0.717, 1.165) is 0 Å². The Hall–Kier alpha value is -0.340. The number of hydrogen-bond acceptors (Lipinski definition) is 1. The molecule has 0 radical (unpaired) electrons. The van der Waals surface area contributed by atoms with Gasteiger partial charge >= 0.3 is 0 Å². The second-order valence-electron chi connectivity index (χ2n) is 2.58. The first-order chi connectivity index (χ1) is 5.79. The first-order valence-corrected chi connectivity index (χ1v) is 6.72. The summed E-state index contributed by atoms with van der Waals surface area (Å²) in [5.74, 6) is 0. The molecule has 0 N–H and O–H groups in total. The van der Waals surface area contributed by atoms with Gasteiger partial charge in [-0.15, -0.1) is 0 Å². The summed E-state index contributed by atoms with van der Waals surface area (Å²) in [7, 11) is 0.409. The van der Waals surface area contributed by atoms with Gasteiger partial charge in [0.05, 0.1) is 0 Å². The molecule has 0 nitrogen and oxygen atoms in total. The van der Waals surface area contributed by atoms with Gasteiger partial charge in [-0.3, -0.25) is 0 Å². The fourth-order valence-corrected chi connectivity index (χ4v) is 2.30. The predicted molar refractivity (Wildman–Crippen MR) is 60.7 cm³/mol. The lowest BCUT2D eigenvalue weighted by Gasteiger charge is -1.92. The smallest absolute Gasteiger partial charge is 0.0935 e. The molecule has 0 aliphatic carbocycles. The van der Waals surface area contributed by atoms with Gasteiger partial charge in [-0.2, -0.15) is 0 Å². The third-order valence-corrected chi connectivity index (χ3v) is 2.94. The van der Waals surface area contributed by atoms with Gasteiger partial charge in [0.25, 0.3) is 0 Å². The molecule has 64 valence electrons. The average molecular weight is 197 g/mol. The Morgan fingerprint density at radius 3 is 2.42 bits per heavy atom. The summed E-state index contributed by atoms with van der Waals surface area (Å²) < 4.78 is 0. The normalized spacial score (nSPS) is 11.2. The van der Waals surface area contributed by atoms with Crippen LogP contribution in [-0.4, -0.2) is 12.5 Å². The van der Waals surface area contributed by atoms with E-state index in [-0.39, 0.29) is 0 Å². The van der Waals surface area contributed by atoms with E-state index < -0.39 is 0 Å². The summed E-state index contributed by atoms with van der Waals surface area (Å²) in [4.78, 5) is 1.30. The quantitative estimate of drug-likeness (QED) is 0.530. The topological polar surface area (TPSA) is 0 Å². The predicted octanol–water partition coefficient (Wildman–Crippen LogP) is 3.13. The maximum atomic E-state index is 2.23. The van der Waals surface area contributed by atoms with Gasteiger partial charge in [0.15, 0.2) is 0 Å². The molecule has 0 aromatic heterocycles. The minimum atomic E-state index is 0.409. The lowest BCUT2D eigenvalue weighted by molar-refractivity contribution is 1.47. The minimum Gasteiger partial charge on any atom is -0.0935 e. The molecule has 0 amide bonds. The maximum absolute atomic E-state index is 2.23. The molecule has 0 spiro atoms. The molecule has 0 fully saturated rings. The summed E-state index contributed by atoms with van der Waals surface area (Å²) >= 11 is 1.78. The van der Waals surface area contributed by atoms with Crippen LogP contribution < -0.4 is 0 Å². The molecule has 0 saturated carbocycles. The maximum Gasteiger partial charge on any atom is 0.125 e. The molecule has 0 aliphatic heterocycles. The zero-order valence-electron chi connectivity index (χ0n) is 7.36.